The van der Waals surface area contributed by atoms with Gasteiger partial charge < -0.3 is 4.74 Å². The minimum atomic E-state index is -0.517. The van der Waals surface area contributed by atoms with E-state index in [0.29, 0.717) is 17.1 Å². The van der Waals surface area contributed by atoms with Crippen LogP contribution in [-0.2, 0) is 0 Å². The average molecular weight is 237 g/mol. The molecule has 6 heteroatoms. The molecule has 1 aromatic heterocycles. The average Bonchev–Trinajstić information content (AvgIpc) is 2.58. The van der Waals surface area contributed by atoms with Gasteiger partial charge in [-0.1, -0.05) is 0 Å². The molecule has 0 radical (unpaired) electrons. The Morgan fingerprint density at radius 2 is 2.12 bits per heavy atom. The molecule has 0 saturated heterocycles. The quantitative estimate of drug-likeness (QED) is 0.857. The van der Waals surface area contributed by atoms with Gasteiger partial charge in [-0.15, -0.1) is 0 Å². The fraction of sp³-hybridized carbons (Fsp3) is 0.273. The summed E-state index contributed by atoms with van der Waals surface area (Å²) in [4.78, 5) is 14.0. The molecule has 2 aromatic rings. The van der Waals surface area contributed by atoms with E-state index in [1.54, 1.807) is 13.8 Å². The van der Waals surface area contributed by atoms with Gasteiger partial charge in [0.1, 0.15) is 23.1 Å². The summed E-state index contributed by atoms with van der Waals surface area (Å²) in [6, 6.07) is 2.76. The van der Waals surface area contributed by atoms with E-state index in [1.807, 2.05) is 0 Å². The van der Waals surface area contributed by atoms with E-state index in [2.05, 4.69) is 10.1 Å². The molecule has 0 fully saturated rings. The van der Waals surface area contributed by atoms with Crippen molar-refractivity contribution in [2.24, 2.45) is 0 Å². The first-order valence-electron chi connectivity index (χ1n) is 5.03. The lowest BCUT2D eigenvalue weighted by Gasteiger charge is -2.08. The van der Waals surface area contributed by atoms with Gasteiger partial charge in [0, 0.05) is 6.07 Å². The molecule has 1 heterocycles. The highest BCUT2D eigenvalue weighted by Crippen LogP contribution is 2.23. The van der Waals surface area contributed by atoms with E-state index in [-0.39, 0.29) is 5.69 Å². The number of benzene rings is 1. The van der Waals surface area contributed by atoms with Crippen LogP contribution in [0.25, 0.3) is 5.69 Å². The second-order valence-electron chi connectivity index (χ2n) is 3.70. The maximum absolute atomic E-state index is 13.8. The molecule has 0 saturated carbocycles. The molecule has 0 unspecified atom stereocenters. The fourth-order valence-corrected chi connectivity index (χ4v) is 1.62. The van der Waals surface area contributed by atoms with E-state index in [1.165, 1.54) is 19.2 Å². The minimum Gasteiger partial charge on any atom is -0.496 e. The normalized spacial score (nSPS) is 10.6. The molecule has 0 bridgehead atoms. The van der Waals surface area contributed by atoms with Crippen LogP contribution in [0.5, 0.6) is 5.75 Å². The molecule has 0 aliphatic carbocycles. The number of aryl methyl sites for hydroxylation is 2. The van der Waals surface area contributed by atoms with Gasteiger partial charge in [-0.2, -0.15) is 9.78 Å². The van der Waals surface area contributed by atoms with E-state index in [0.717, 1.165) is 4.68 Å². The molecule has 90 valence electrons. The second kappa shape index (κ2) is 4.04. The third-order valence-electron chi connectivity index (χ3n) is 2.42. The Labute approximate surface area is 96.9 Å². The molecule has 17 heavy (non-hydrogen) atoms. The number of ether oxygens (including phenoxy) is 1. The standard InChI is InChI=1S/C11H12FN3O2/c1-6-4-8(12)9(5-10(6)17-3)15-11(16)13-7(2)14-15/h4-5H,1-3H3,(H,13,14,16). The van der Waals surface area contributed by atoms with Crippen molar-refractivity contribution in [2.75, 3.05) is 7.11 Å². The van der Waals surface area contributed by atoms with Crippen molar-refractivity contribution in [3.05, 3.63) is 39.8 Å². The minimum absolute atomic E-state index is 0.0711. The zero-order valence-corrected chi connectivity index (χ0v) is 9.74. The van der Waals surface area contributed by atoms with Gasteiger partial charge in [0.2, 0.25) is 0 Å². The molecule has 0 amide bonds. The molecular weight excluding hydrogens is 225 g/mol. The zero-order valence-electron chi connectivity index (χ0n) is 9.74. The number of H-pyrrole nitrogens is 1. The number of halogens is 1. The topological polar surface area (TPSA) is 59.9 Å². The molecule has 5 nitrogen and oxygen atoms in total. The van der Waals surface area contributed by atoms with Gasteiger partial charge in [-0.25, -0.2) is 9.18 Å². The predicted molar refractivity (Wildman–Crippen MR) is 60.2 cm³/mol. The molecule has 0 aliphatic heterocycles. The van der Waals surface area contributed by atoms with Gasteiger partial charge in [0.15, 0.2) is 0 Å². The van der Waals surface area contributed by atoms with Crippen molar-refractivity contribution in [2.45, 2.75) is 13.8 Å². The van der Waals surface area contributed by atoms with Crippen LogP contribution in [0.15, 0.2) is 16.9 Å². The number of nitrogens with one attached hydrogen (secondary N) is 1. The number of rotatable bonds is 2. The summed E-state index contributed by atoms with van der Waals surface area (Å²) in [6.07, 6.45) is 0. The van der Waals surface area contributed by atoms with Crippen LogP contribution in [0.4, 0.5) is 4.39 Å². The van der Waals surface area contributed by atoms with Crippen molar-refractivity contribution in [1.82, 2.24) is 14.8 Å². The SMILES string of the molecule is COc1cc(-n2nc(C)[nH]c2=O)c(F)cc1C. The number of nitrogens with zero attached hydrogens (tertiary/aromatic N) is 2. The van der Waals surface area contributed by atoms with E-state index < -0.39 is 11.5 Å². The Kier molecular flexibility index (Phi) is 2.71. The van der Waals surface area contributed by atoms with Gasteiger partial charge in [-0.05, 0) is 25.5 Å². The van der Waals surface area contributed by atoms with Gasteiger partial charge in [0.25, 0.3) is 0 Å². The third kappa shape index (κ3) is 1.93. The Morgan fingerprint density at radius 1 is 1.41 bits per heavy atom. The highest BCUT2D eigenvalue weighted by atomic mass is 19.1. The number of aromatic nitrogens is 3. The largest absolute Gasteiger partial charge is 0.496 e. The Balaban J connectivity index is 2.67. The highest BCUT2D eigenvalue weighted by Gasteiger charge is 2.13. The van der Waals surface area contributed by atoms with Crippen molar-refractivity contribution in [3.63, 3.8) is 0 Å². The van der Waals surface area contributed by atoms with E-state index >= 15 is 0 Å². The maximum atomic E-state index is 13.8. The van der Waals surface area contributed by atoms with Gasteiger partial charge in [0.05, 0.1) is 7.11 Å². The summed E-state index contributed by atoms with van der Waals surface area (Å²) >= 11 is 0. The molecular formula is C11H12FN3O2. The summed E-state index contributed by atoms with van der Waals surface area (Å²) in [7, 11) is 1.49. The number of aromatic amines is 1. The Hall–Kier alpha value is -2.11. The Bertz CT molecular complexity index is 616. The smallest absolute Gasteiger partial charge is 0.348 e. The number of hydrogen-bond donors (Lipinski definition) is 1. The lowest BCUT2D eigenvalue weighted by molar-refractivity contribution is 0.410. The molecule has 2 rings (SSSR count). The van der Waals surface area contributed by atoms with Crippen LogP contribution in [0.1, 0.15) is 11.4 Å². The number of methoxy groups -OCH3 is 1. The molecule has 0 spiro atoms. The van der Waals surface area contributed by atoms with Crippen LogP contribution in [0, 0.1) is 19.7 Å². The first-order valence-corrected chi connectivity index (χ1v) is 5.03. The first kappa shape index (κ1) is 11.4. The van der Waals surface area contributed by atoms with Gasteiger partial charge in [-0.3, -0.25) is 4.98 Å². The summed E-state index contributed by atoms with van der Waals surface area (Å²) in [5.74, 6) is 0.416. The van der Waals surface area contributed by atoms with E-state index in [9.17, 15) is 9.18 Å². The molecule has 0 atom stereocenters. The van der Waals surface area contributed by atoms with Crippen LogP contribution >= 0.6 is 0 Å². The summed E-state index contributed by atoms with van der Waals surface area (Å²) < 4.78 is 19.8. The first-order chi connectivity index (χ1) is 8.02. The van der Waals surface area contributed by atoms with Crippen molar-refractivity contribution < 1.29 is 9.13 Å². The van der Waals surface area contributed by atoms with Crippen molar-refractivity contribution in [3.8, 4) is 11.4 Å². The van der Waals surface area contributed by atoms with Crippen molar-refractivity contribution in [1.29, 1.82) is 0 Å². The van der Waals surface area contributed by atoms with Crippen LogP contribution in [-0.4, -0.2) is 21.9 Å². The Morgan fingerprint density at radius 3 is 2.65 bits per heavy atom. The van der Waals surface area contributed by atoms with Crippen LogP contribution in [0.2, 0.25) is 0 Å². The summed E-state index contributed by atoms with van der Waals surface area (Å²) in [6.45, 7) is 3.35. The van der Waals surface area contributed by atoms with Crippen LogP contribution in [0.3, 0.4) is 0 Å². The predicted octanol–water partition coefficient (Wildman–Crippen LogP) is 1.33. The fourth-order valence-electron chi connectivity index (χ4n) is 1.62. The van der Waals surface area contributed by atoms with Crippen LogP contribution < -0.4 is 10.4 Å². The number of hydrogen-bond acceptors (Lipinski definition) is 3. The third-order valence-corrected chi connectivity index (χ3v) is 2.42. The van der Waals surface area contributed by atoms with Gasteiger partial charge >= 0.3 is 5.69 Å². The lowest BCUT2D eigenvalue weighted by Crippen LogP contribution is -2.17. The summed E-state index contributed by atoms with van der Waals surface area (Å²) in [5, 5.41) is 3.90. The van der Waals surface area contributed by atoms with E-state index in [4.69, 9.17) is 4.74 Å². The highest BCUT2D eigenvalue weighted by molar-refractivity contribution is 5.44. The molecule has 0 aliphatic rings. The monoisotopic (exact) mass is 237 g/mol. The molecule has 1 aromatic carbocycles. The lowest BCUT2D eigenvalue weighted by atomic mass is 10.2. The second-order valence-corrected chi connectivity index (χ2v) is 3.70. The molecule has 1 N–H and O–H groups in total. The van der Waals surface area contributed by atoms with Crippen molar-refractivity contribution >= 4 is 0 Å². The zero-order chi connectivity index (χ0) is 12.6. The maximum Gasteiger partial charge on any atom is 0.348 e. The summed E-state index contributed by atoms with van der Waals surface area (Å²) in [5.41, 5.74) is 0.253.